The first-order valence-corrected chi connectivity index (χ1v) is 9.47. The Morgan fingerprint density at radius 1 is 1.19 bits per heavy atom. The van der Waals surface area contributed by atoms with Crippen LogP contribution in [-0.2, 0) is 11.3 Å². The van der Waals surface area contributed by atoms with E-state index in [9.17, 15) is 4.79 Å². The smallest absolute Gasteiger partial charge is 0.342 e. The van der Waals surface area contributed by atoms with E-state index in [-0.39, 0.29) is 13.2 Å². The molecule has 0 saturated carbocycles. The van der Waals surface area contributed by atoms with Crippen LogP contribution >= 0.6 is 31.9 Å². The van der Waals surface area contributed by atoms with Crippen molar-refractivity contribution < 1.29 is 23.4 Å². The average molecular weight is 484 g/mol. The van der Waals surface area contributed by atoms with E-state index < -0.39 is 5.97 Å². The minimum Gasteiger partial charge on any atom is -0.494 e. The summed E-state index contributed by atoms with van der Waals surface area (Å²) in [6.07, 6.45) is 0. The molecule has 0 aliphatic heterocycles. The van der Waals surface area contributed by atoms with Crippen LogP contribution in [0.2, 0.25) is 0 Å². The summed E-state index contributed by atoms with van der Waals surface area (Å²) in [6, 6.07) is 11.1. The molecule has 0 N–H and O–H groups in total. The molecule has 7 heteroatoms. The number of furan rings is 1. The molecule has 0 atom stereocenters. The van der Waals surface area contributed by atoms with Crippen LogP contribution in [0.15, 0.2) is 49.8 Å². The Morgan fingerprint density at radius 2 is 1.92 bits per heavy atom. The normalized spacial score (nSPS) is 10.8. The van der Waals surface area contributed by atoms with Crippen LogP contribution in [0.25, 0.3) is 11.0 Å². The van der Waals surface area contributed by atoms with Gasteiger partial charge in [0.05, 0.1) is 28.0 Å². The minimum absolute atomic E-state index is 0.0964. The summed E-state index contributed by atoms with van der Waals surface area (Å²) >= 11 is 6.95. The minimum atomic E-state index is -0.469. The van der Waals surface area contributed by atoms with E-state index in [2.05, 4.69) is 31.9 Å². The zero-order valence-electron chi connectivity index (χ0n) is 14.2. The van der Waals surface area contributed by atoms with Crippen LogP contribution in [0, 0.1) is 0 Å². The van der Waals surface area contributed by atoms with Crippen molar-refractivity contribution in [2.24, 2.45) is 0 Å². The number of halogens is 2. The summed E-state index contributed by atoms with van der Waals surface area (Å²) < 4.78 is 23.6. The van der Waals surface area contributed by atoms with Gasteiger partial charge in [0.25, 0.3) is 0 Å². The topological polar surface area (TPSA) is 57.9 Å². The summed E-state index contributed by atoms with van der Waals surface area (Å²) in [4.78, 5) is 12.6. The fraction of sp³-hybridized carbons (Fsp3) is 0.211. The summed E-state index contributed by atoms with van der Waals surface area (Å²) in [7, 11) is 1.56. The second kappa shape index (κ2) is 8.14. The molecule has 26 heavy (non-hydrogen) atoms. The molecule has 0 amide bonds. The van der Waals surface area contributed by atoms with Gasteiger partial charge in [0.15, 0.2) is 5.76 Å². The Morgan fingerprint density at radius 3 is 2.58 bits per heavy atom. The highest BCUT2D eigenvalue weighted by atomic mass is 79.9. The maximum absolute atomic E-state index is 12.6. The highest BCUT2D eigenvalue weighted by Crippen LogP contribution is 2.43. The molecular formula is C19H16Br2O5. The lowest BCUT2D eigenvalue weighted by atomic mass is 10.1. The number of hydrogen-bond acceptors (Lipinski definition) is 5. The van der Waals surface area contributed by atoms with E-state index in [4.69, 9.17) is 18.6 Å². The third-order valence-electron chi connectivity index (χ3n) is 3.70. The summed E-state index contributed by atoms with van der Waals surface area (Å²) in [6.45, 7) is 2.11. The van der Waals surface area contributed by atoms with Gasteiger partial charge in [0.2, 0.25) is 0 Å². The Hall–Kier alpha value is -1.99. The number of para-hydroxylation sites is 1. The first kappa shape index (κ1) is 18.8. The lowest BCUT2D eigenvalue weighted by Crippen LogP contribution is -2.08. The van der Waals surface area contributed by atoms with Gasteiger partial charge in [-0.2, -0.15) is 0 Å². The fourth-order valence-corrected chi connectivity index (χ4v) is 4.19. The van der Waals surface area contributed by atoms with Crippen molar-refractivity contribution in [2.45, 2.75) is 13.5 Å². The first-order chi connectivity index (χ1) is 12.6. The van der Waals surface area contributed by atoms with Crippen LogP contribution in [0.4, 0.5) is 0 Å². The average Bonchev–Trinajstić information content (AvgIpc) is 3.00. The standard InChI is InChI=1S/C19H16Br2O5/c1-3-24-19(22)16-14(10-25-11-7-5-4-6-8-11)26-13-9-12(20)18(23-2)17(21)15(13)16/h4-9H,3,10H2,1-2H3. The Kier molecular flexibility index (Phi) is 5.88. The molecule has 0 unspecified atom stereocenters. The number of carbonyl (C=O) groups excluding carboxylic acids is 1. The molecule has 0 spiro atoms. The largest absolute Gasteiger partial charge is 0.494 e. The van der Waals surface area contributed by atoms with Gasteiger partial charge in [-0.1, -0.05) is 18.2 Å². The molecule has 0 saturated heterocycles. The highest BCUT2D eigenvalue weighted by molar-refractivity contribution is 9.11. The Bertz CT molecular complexity index is 934. The molecule has 136 valence electrons. The first-order valence-electron chi connectivity index (χ1n) is 7.89. The van der Waals surface area contributed by atoms with E-state index in [1.54, 1.807) is 20.1 Å². The number of rotatable bonds is 6. The number of methoxy groups -OCH3 is 1. The zero-order chi connectivity index (χ0) is 18.7. The molecule has 0 aliphatic carbocycles. The Labute approximate surface area is 167 Å². The van der Waals surface area contributed by atoms with Crippen molar-refractivity contribution in [3.05, 3.63) is 56.7 Å². The second-order valence-electron chi connectivity index (χ2n) is 5.30. The predicted molar refractivity (Wildman–Crippen MR) is 105 cm³/mol. The number of fused-ring (bicyclic) bond motifs is 1. The van der Waals surface area contributed by atoms with E-state index in [0.29, 0.717) is 42.7 Å². The lowest BCUT2D eigenvalue weighted by Gasteiger charge is -2.08. The molecule has 0 radical (unpaired) electrons. The van der Waals surface area contributed by atoms with Crippen molar-refractivity contribution in [1.29, 1.82) is 0 Å². The molecule has 1 heterocycles. The quantitative estimate of drug-likeness (QED) is 0.419. The van der Waals surface area contributed by atoms with Crippen molar-refractivity contribution >= 4 is 48.8 Å². The van der Waals surface area contributed by atoms with Crippen LogP contribution < -0.4 is 9.47 Å². The van der Waals surface area contributed by atoms with E-state index in [1.807, 2.05) is 30.3 Å². The molecular weight excluding hydrogens is 468 g/mol. The van der Waals surface area contributed by atoms with Crippen LogP contribution in [0.5, 0.6) is 11.5 Å². The summed E-state index contributed by atoms with van der Waals surface area (Å²) in [5, 5.41) is 0.593. The predicted octanol–water partition coefficient (Wildman–Crippen LogP) is 5.72. The van der Waals surface area contributed by atoms with Gasteiger partial charge in [-0.15, -0.1) is 0 Å². The SMILES string of the molecule is CCOC(=O)c1c(COc2ccccc2)oc2cc(Br)c(OC)c(Br)c12. The molecule has 2 aromatic carbocycles. The van der Waals surface area contributed by atoms with E-state index in [1.165, 1.54) is 0 Å². The number of benzene rings is 2. The fourth-order valence-electron chi connectivity index (χ4n) is 2.59. The number of ether oxygens (including phenoxy) is 3. The zero-order valence-corrected chi connectivity index (χ0v) is 17.3. The molecule has 0 bridgehead atoms. The maximum Gasteiger partial charge on any atom is 0.342 e. The van der Waals surface area contributed by atoms with Crippen LogP contribution in [0.1, 0.15) is 23.0 Å². The number of esters is 1. The van der Waals surface area contributed by atoms with Gasteiger partial charge in [-0.3, -0.25) is 0 Å². The monoisotopic (exact) mass is 482 g/mol. The maximum atomic E-state index is 12.6. The lowest BCUT2D eigenvalue weighted by molar-refractivity contribution is 0.0523. The van der Waals surface area contributed by atoms with Gasteiger partial charge in [-0.05, 0) is 57.0 Å². The van der Waals surface area contributed by atoms with Gasteiger partial charge < -0.3 is 18.6 Å². The summed E-state index contributed by atoms with van der Waals surface area (Å²) in [5.41, 5.74) is 0.856. The van der Waals surface area contributed by atoms with Crippen molar-refractivity contribution in [3.63, 3.8) is 0 Å². The summed E-state index contributed by atoms with van der Waals surface area (Å²) in [5.74, 6) is 1.17. The number of hydrogen-bond donors (Lipinski definition) is 0. The Balaban J connectivity index is 2.10. The molecule has 3 aromatic rings. The van der Waals surface area contributed by atoms with Crippen molar-refractivity contribution in [3.8, 4) is 11.5 Å². The van der Waals surface area contributed by atoms with Gasteiger partial charge in [0.1, 0.15) is 29.3 Å². The third-order valence-corrected chi connectivity index (χ3v) is 5.04. The van der Waals surface area contributed by atoms with Crippen LogP contribution in [-0.4, -0.2) is 19.7 Å². The third kappa shape index (κ3) is 3.59. The van der Waals surface area contributed by atoms with Gasteiger partial charge >= 0.3 is 5.97 Å². The van der Waals surface area contributed by atoms with E-state index >= 15 is 0 Å². The molecule has 0 fully saturated rings. The van der Waals surface area contributed by atoms with Gasteiger partial charge in [0, 0.05) is 0 Å². The van der Waals surface area contributed by atoms with Crippen LogP contribution in [0.3, 0.4) is 0 Å². The van der Waals surface area contributed by atoms with Gasteiger partial charge in [-0.25, -0.2) is 4.79 Å². The molecule has 3 rings (SSSR count). The highest BCUT2D eigenvalue weighted by Gasteiger charge is 2.27. The number of carbonyl (C=O) groups is 1. The second-order valence-corrected chi connectivity index (χ2v) is 6.95. The van der Waals surface area contributed by atoms with Crippen molar-refractivity contribution in [1.82, 2.24) is 0 Å². The van der Waals surface area contributed by atoms with E-state index in [0.717, 1.165) is 0 Å². The molecule has 0 aliphatic rings. The van der Waals surface area contributed by atoms with Crippen molar-refractivity contribution in [2.75, 3.05) is 13.7 Å². The molecule has 1 aromatic heterocycles. The molecule has 5 nitrogen and oxygen atoms in total.